The van der Waals surface area contributed by atoms with Crippen LogP contribution in [0.3, 0.4) is 0 Å². The zero-order chi connectivity index (χ0) is 15.2. The number of carbonyl (C=O) groups excluding carboxylic acids is 1. The third-order valence-electron chi connectivity index (χ3n) is 3.94. The van der Waals surface area contributed by atoms with Crippen molar-refractivity contribution in [3.63, 3.8) is 0 Å². The summed E-state index contributed by atoms with van der Waals surface area (Å²) in [6.45, 7) is 0. The molecule has 5 nitrogen and oxygen atoms in total. The van der Waals surface area contributed by atoms with E-state index < -0.39 is 0 Å². The van der Waals surface area contributed by atoms with Gasteiger partial charge in [-0.2, -0.15) is 5.26 Å². The molecule has 21 heavy (non-hydrogen) atoms. The highest BCUT2D eigenvalue weighted by molar-refractivity contribution is 7.17. The minimum atomic E-state index is -0.237. The predicted octanol–water partition coefficient (Wildman–Crippen LogP) is 3.09. The molecule has 1 fully saturated rings. The quantitative estimate of drug-likeness (QED) is 0.800. The first-order chi connectivity index (χ1) is 10.2. The summed E-state index contributed by atoms with van der Waals surface area (Å²) in [5.74, 6) is -0.237. The molecule has 0 radical (unpaired) electrons. The Morgan fingerprint density at radius 1 is 1.29 bits per heavy atom. The highest BCUT2D eigenvalue weighted by Crippen LogP contribution is 2.36. The fourth-order valence-corrected chi connectivity index (χ4v) is 3.76. The average molecular weight is 306 g/mol. The van der Waals surface area contributed by atoms with Crippen LogP contribution in [-0.2, 0) is 0 Å². The number of nitrogen functional groups attached to an aromatic ring is 1. The van der Waals surface area contributed by atoms with Crippen LogP contribution in [0.2, 0.25) is 0 Å². The fraction of sp³-hybridized carbons (Fsp3) is 0.600. The number of nitrogens with one attached hydrogen (secondary N) is 2. The van der Waals surface area contributed by atoms with Crippen molar-refractivity contribution in [1.29, 1.82) is 5.26 Å². The third kappa shape index (κ3) is 3.67. The molecule has 0 bridgehead atoms. The standard InChI is InChI=1S/C15H22N4OS/c1-18-14(20)12-13(17)11(9-16)21-15(12)19-10-7-5-3-2-4-6-8-10/h10,19H,2-8,17H2,1H3,(H,18,20). The van der Waals surface area contributed by atoms with Gasteiger partial charge in [-0.1, -0.05) is 32.1 Å². The molecular formula is C15H22N4OS. The average Bonchev–Trinajstić information content (AvgIpc) is 2.77. The Labute approximate surface area is 129 Å². The molecule has 0 spiro atoms. The summed E-state index contributed by atoms with van der Waals surface area (Å²) in [7, 11) is 1.57. The maximum absolute atomic E-state index is 12.0. The van der Waals surface area contributed by atoms with Gasteiger partial charge in [-0.3, -0.25) is 4.79 Å². The molecule has 114 valence electrons. The van der Waals surface area contributed by atoms with Crippen LogP contribution < -0.4 is 16.4 Å². The molecule has 6 heteroatoms. The summed E-state index contributed by atoms with van der Waals surface area (Å²) >= 11 is 1.28. The second-order valence-electron chi connectivity index (χ2n) is 5.43. The van der Waals surface area contributed by atoms with Gasteiger partial charge >= 0.3 is 0 Å². The first-order valence-electron chi connectivity index (χ1n) is 7.48. The zero-order valence-corrected chi connectivity index (χ0v) is 13.2. The van der Waals surface area contributed by atoms with E-state index in [4.69, 9.17) is 11.0 Å². The Morgan fingerprint density at radius 3 is 2.48 bits per heavy atom. The summed E-state index contributed by atoms with van der Waals surface area (Å²) in [6.07, 6.45) is 8.49. The minimum Gasteiger partial charge on any atom is -0.396 e. The van der Waals surface area contributed by atoms with Crippen LogP contribution in [0, 0.1) is 11.3 Å². The van der Waals surface area contributed by atoms with Crippen molar-refractivity contribution in [3.05, 3.63) is 10.4 Å². The van der Waals surface area contributed by atoms with Crippen molar-refractivity contribution in [2.24, 2.45) is 0 Å². The number of amides is 1. The van der Waals surface area contributed by atoms with Gasteiger partial charge < -0.3 is 16.4 Å². The van der Waals surface area contributed by atoms with Crippen molar-refractivity contribution in [2.75, 3.05) is 18.1 Å². The van der Waals surface area contributed by atoms with Crippen LogP contribution >= 0.6 is 11.3 Å². The van der Waals surface area contributed by atoms with Gasteiger partial charge in [0.15, 0.2) is 0 Å². The molecule has 0 unspecified atom stereocenters. The molecule has 0 aliphatic heterocycles. The maximum Gasteiger partial charge on any atom is 0.256 e. The van der Waals surface area contributed by atoms with Gasteiger partial charge in [-0.15, -0.1) is 11.3 Å². The molecule has 1 heterocycles. The normalized spacial score (nSPS) is 16.6. The first-order valence-corrected chi connectivity index (χ1v) is 8.30. The molecule has 1 amide bonds. The molecular weight excluding hydrogens is 284 g/mol. The van der Waals surface area contributed by atoms with Gasteiger partial charge in [-0.25, -0.2) is 0 Å². The molecule has 0 atom stereocenters. The lowest BCUT2D eigenvalue weighted by Gasteiger charge is -2.21. The Hall–Kier alpha value is -1.74. The summed E-state index contributed by atoms with van der Waals surface area (Å²) in [5, 5.41) is 15.9. The summed E-state index contributed by atoms with van der Waals surface area (Å²) in [6, 6.07) is 2.43. The van der Waals surface area contributed by atoms with Crippen LogP contribution in [0.4, 0.5) is 10.7 Å². The number of nitrogens with two attached hydrogens (primary N) is 1. The highest BCUT2D eigenvalue weighted by Gasteiger charge is 2.23. The lowest BCUT2D eigenvalue weighted by Crippen LogP contribution is -2.24. The lowest BCUT2D eigenvalue weighted by molar-refractivity contribution is 0.0965. The number of anilines is 2. The molecule has 4 N–H and O–H groups in total. The fourth-order valence-electron chi connectivity index (χ4n) is 2.76. The van der Waals surface area contributed by atoms with Crippen LogP contribution in [0.25, 0.3) is 0 Å². The van der Waals surface area contributed by atoms with Gasteiger partial charge in [0.1, 0.15) is 15.9 Å². The van der Waals surface area contributed by atoms with Gasteiger partial charge in [0.25, 0.3) is 5.91 Å². The van der Waals surface area contributed by atoms with Crippen molar-refractivity contribution in [3.8, 4) is 6.07 Å². The van der Waals surface area contributed by atoms with Crippen molar-refractivity contribution in [1.82, 2.24) is 5.32 Å². The van der Waals surface area contributed by atoms with Crippen molar-refractivity contribution < 1.29 is 4.79 Å². The monoisotopic (exact) mass is 306 g/mol. The summed E-state index contributed by atoms with van der Waals surface area (Å²) < 4.78 is 0. The molecule has 1 aliphatic rings. The highest BCUT2D eigenvalue weighted by atomic mass is 32.1. The van der Waals surface area contributed by atoms with Gasteiger partial charge in [0, 0.05) is 13.1 Å². The molecule has 0 saturated heterocycles. The van der Waals surface area contributed by atoms with Crippen molar-refractivity contribution in [2.45, 2.75) is 51.0 Å². The topological polar surface area (TPSA) is 90.9 Å². The van der Waals surface area contributed by atoms with Crippen molar-refractivity contribution >= 4 is 27.9 Å². The Kier molecular flexibility index (Phi) is 5.45. The summed E-state index contributed by atoms with van der Waals surface area (Å²) in [4.78, 5) is 12.4. The second-order valence-corrected chi connectivity index (χ2v) is 6.45. The Balaban J connectivity index is 2.21. The number of nitriles is 1. The van der Waals surface area contributed by atoms with E-state index in [2.05, 4.69) is 16.7 Å². The van der Waals surface area contributed by atoms with E-state index in [0.717, 1.165) is 17.8 Å². The number of hydrogen-bond donors (Lipinski definition) is 3. The molecule has 1 aromatic heterocycles. The van der Waals surface area contributed by atoms with Crippen LogP contribution in [0.15, 0.2) is 0 Å². The first kappa shape index (κ1) is 15.6. The number of carbonyl (C=O) groups is 1. The van der Waals surface area contributed by atoms with E-state index >= 15 is 0 Å². The molecule has 1 aliphatic carbocycles. The Bertz CT molecular complexity index is 539. The SMILES string of the molecule is CNC(=O)c1c(NC2CCCCCCC2)sc(C#N)c1N. The van der Waals surface area contributed by atoms with E-state index in [9.17, 15) is 4.79 Å². The minimum absolute atomic E-state index is 0.237. The van der Waals surface area contributed by atoms with E-state index in [0.29, 0.717) is 16.5 Å². The number of nitrogens with zero attached hydrogens (tertiary/aromatic N) is 1. The van der Waals surface area contributed by atoms with E-state index in [-0.39, 0.29) is 11.6 Å². The molecule has 0 aromatic carbocycles. The zero-order valence-electron chi connectivity index (χ0n) is 12.4. The van der Waals surface area contributed by atoms with E-state index in [1.165, 1.54) is 43.4 Å². The number of hydrogen-bond acceptors (Lipinski definition) is 5. The van der Waals surface area contributed by atoms with Gasteiger partial charge in [0.2, 0.25) is 0 Å². The predicted molar refractivity (Wildman–Crippen MR) is 86.6 cm³/mol. The molecule has 2 rings (SSSR count). The third-order valence-corrected chi connectivity index (χ3v) is 4.98. The van der Waals surface area contributed by atoms with Gasteiger partial charge in [-0.05, 0) is 12.8 Å². The van der Waals surface area contributed by atoms with Crippen LogP contribution in [0.1, 0.15) is 60.2 Å². The number of rotatable bonds is 3. The van der Waals surface area contributed by atoms with E-state index in [1.54, 1.807) is 7.05 Å². The van der Waals surface area contributed by atoms with Gasteiger partial charge in [0.05, 0.1) is 11.3 Å². The van der Waals surface area contributed by atoms with Crippen LogP contribution in [-0.4, -0.2) is 19.0 Å². The van der Waals surface area contributed by atoms with Crippen LogP contribution in [0.5, 0.6) is 0 Å². The second kappa shape index (κ2) is 7.32. The lowest BCUT2D eigenvalue weighted by atomic mass is 9.97. The number of thiophene rings is 1. The maximum atomic E-state index is 12.0. The molecule has 1 saturated carbocycles. The largest absolute Gasteiger partial charge is 0.396 e. The molecule has 1 aromatic rings. The smallest absolute Gasteiger partial charge is 0.256 e. The van der Waals surface area contributed by atoms with E-state index in [1.807, 2.05) is 0 Å². The Morgan fingerprint density at radius 2 is 1.90 bits per heavy atom. The summed E-state index contributed by atoms with van der Waals surface area (Å²) in [5.41, 5.74) is 6.64.